The van der Waals surface area contributed by atoms with Gasteiger partial charge in [0.25, 0.3) is 5.56 Å². The van der Waals surface area contributed by atoms with Crippen molar-refractivity contribution < 1.29 is 4.42 Å². The summed E-state index contributed by atoms with van der Waals surface area (Å²) in [6.45, 7) is 2.67. The van der Waals surface area contributed by atoms with Crippen LogP contribution in [0.4, 0.5) is 0 Å². The predicted molar refractivity (Wildman–Crippen MR) is 113 cm³/mol. The lowest BCUT2D eigenvalue weighted by Crippen LogP contribution is -2.23. The minimum Gasteiger partial charge on any atom is -0.440 e. The van der Waals surface area contributed by atoms with Gasteiger partial charge in [0.05, 0.1) is 22.9 Å². The molecule has 0 amide bonds. The molecule has 0 aliphatic heterocycles. The molecule has 0 N–H and O–H groups in total. The summed E-state index contributed by atoms with van der Waals surface area (Å²) < 4.78 is 7.59. The third-order valence-corrected chi connectivity index (χ3v) is 5.49. The second kappa shape index (κ2) is 8.20. The molecule has 2 aromatic heterocycles. The number of aromatic nitrogens is 3. The van der Waals surface area contributed by atoms with Crippen LogP contribution in [0.1, 0.15) is 19.2 Å². The number of hydrogen-bond donors (Lipinski definition) is 0. The summed E-state index contributed by atoms with van der Waals surface area (Å²) in [5, 5.41) is 1.99. The average molecular weight is 412 g/mol. The first-order chi connectivity index (χ1) is 13.7. The number of rotatable bonds is 6. The van der Waals surface area contributed by atoms with E-state index in [1.165, 1.54) is 11.8 Å². The molecule has 2 heterocycles. The Morgan fingerprint density at radius 1 is 1.14 bits per heavy atom. The fraction of sp³-hybridized carbons (Fsp3) is 0.190. The molecule has 5 nitrogen and oxygen atoms in total. The molecule has 0 saturated heterocycles. The van der Waals surface area contributed by atoms with Gasteiger partial charge in [0.15, 0.2) is 10.9 Å². The van der Waals surface area contributed by atoms with Gasteiger partial charge in [0, 0.05) is 17.1 Å². The second-order valence-electron chi connectivity index (χ2n) is 6.28. The molecule has 0 spiro atoms. The lowest BCUT2D eigenvalue weighted by molar-refractivity contribution is 0.528. The minimum atomic E-state index is -0.00999. The zero-order valence-corrected chi connectivity index (χ0v) is 16.8. The predicted octanol–water partition coefficient (Wildman–Crippen LogP) is 5.41. The van der Waals surface area contributed by atoms with Crippen molar-refractivity contribution in [2.24, 2.45) is 0 Å². The maximum absolute atomic E-state index is 12.8. The Kier molecular flexibility index (Phi) is 5.50. The van der Waals surface area contributed by atoms with E-state index >= 15 is 0 Å². The molecule has 0 unspecified atom stereocenters. The van der Waals surface area contributed by atoms with Crippen LogP contribution in [0.15, 0.2) is 69.1 Å². The first-order valence-corrected chi connectivity index (χ1v) is 10.3. The fourth-order valence-electron chi connectivity index (χ4n) is 2.93. The summed E-state index contributed by atoms with van der Waals surface area (Å²) >= 11 is 7.39. The molecule has 2 aromatic carbocycles. The standard InChI is InChI=1S/C21H18ClN3O2S/c1-2-11-25-20(26)16-5-3-4-6-17(16)24-21(25)28-13-19-23-12-18(27-19)14-7-9-15(22)10-8-14/h3-10,12H,2,11,13H2,1H3. The number of nitrogens with zero attached hydrogens (tertiary/aromatic N) is 3. The topological polar surface area (TPSA) is 60.9 Å². The van der Waals surface area contributed by atoms with Crippen LogP contribution in [0.25, 0.3) is 22.2 Å². The van der Waals surface area contributed by atoms with Crippen molar-refractivity contribution in [2.45, 2.75) is 30.8 Å². The van der Waals surface area contributed by atoms with Crippen molar-refractivity contribution >= 4 is 34.3 Å². The Labute approximate surface area is 171 Å². The van der Waals surface area contributed by atoms with E-state index < -0.39 is 0 Å². The first kappa shape index (κ1) is 18.8. The second-order valence-corrected chi connectivity index (χ2v) is 7.66. The van der Waals surface area contributed by atoms with Gasteiger partial charge in [-0.3, -0.25) is 9.36 Å². The Morgan fingerprint density at radius 3 is 2.71 bits per heavy atom. The molecular formula is C21H18ClN3O2S. The molecule has 0 aliphatic carbocycles. The normalized spacial score (nSPS) is 11.2. The van der Waals surface area contributed by atoms with Crippen LogP contribution < -0.4 is 5.56 Å². The molecule has 0 radical (unpaired) electrons. The number of para-hydroxylation sites is 1. The highest BCUT2D eigenvalue weighted by molar-refractivity contribution is 7.98. The van der Waals surface area contributed by atoms with Gasteiger partial charge in [-0.05, 0) is 42.8 Å². The molecule has 4 aromatic rings. The first-order valence-electron chi connectivity index (χ1n) is 8.98. The summed E-state index contributed by atoms with van der Waals surface area (Å²) in [4.78, 5) is 21.9. The van der Waals surface area contributed by atoms with Crippen molar-refractivity contribution in [2.75, 3.05) is 0 Å². The lowest BCUT2D eigenvalue weighted by Gasteiger charge is -2.11. The highest BCUT2D eigenvalue weighted by Crippen LogP contribution is 2.26. The quantitative estimate of drug-likeness (QED) is 0.313. The number of hydrogen-bond acceptors (Lipinski definition) is 5. The molecule has 4 rings (SSSR count). The van der Waals surface area contributed by atoms with E-state index in [-0.39, 0.29) is 5.56 Å². The highest BCUT2D eigenvalue weighted by atomic mass is 35.5. The molecular weight excluding hydrogens is 394 g/mol. The van der Waals surface area contributed by atoms with Crippen LogP contribution in [0.2, 0.25) is 5.02 Å². The van der Waals surface area contributed by atoms with Gasteiger partial charge < -0.3 is 4.42 Å². The third kappa shape index (κ3) is 3.84. The molecule has 0 atom stereocenters. The number of halogens is 1. The van der Waals surface area contributed by atoms with Crippen LogP contribution in [0, 0.1) is 0 Å². The van der Waals surface area contributed by atoms with Crippen LogP contribution >= 0.6 is 23.4 Å². The maximum atomic E-state index is 12.8. The largest absolute Gasteiger partial charge is 0.440 e. The minimum absolute atomic E-state index is 0.00999. The molecule has 0 fully saturated rings. The van der Waals surface area contributed by atoms with Gasteiger partial charge in [-0.25, -0.2) is 9.97 Å². The molecule has 0 saturated carbocycles. The Hall–Kier alpha value is -2.57. The molecule has 142 valence electrons. The zero-order chi connectivity index (χ0) is 19.5. The van der Waals surface area contributed by atoms with Gasteiger partial charge in [0.2, 0.25) is 5.89 Å². The highest BCUT2D eigenvalue weighted by Gasteiger charge is 2.13. The smallest absolute Gasteiger partial charge is 0.262 e. The van der Waals surface area contributed by atoms with Crippen LogP contribution in [0.5, 0.6) is 0 Å². The van der Waals surface area contributed by atoms with Crippen LogP contribution in [0.3, 0.4) is 0 Å². The van der Waals surface area contributed by atoms with E-state index in [2.05, 4.69) is 9.97 Å². The summed E-state index contributed by atoms with van der Waals surface area (Å²) in [6.07, 6.45) is 2.55. The zero-order valence-electron chi connectivity index (χ0n) is 15.3. The summed E-state index contributed by atoms with van der Waals surface area (Å²) in [5.74, 6) is 1.76. The van der Waals surface area contributed by atoms with Crippen molar-refractivity contribution in [1.82, 2.24) is 14.5 Å². The Morgan fingerprint density at radius 2 is 1.93 bits per heavy atom. The van der Waals surface area contributed by atoms with Gasteiger partial charge in [-0.15, -0.1) is 0 Å². The fourth-order valence-corrected chi connectivity index (χ4v) is 3.93. The molecule has 0 bridgehead atoms. The lowest BCUT2D eigenvalue weighted by atomic mass is 10.2. The third-order valence-electron chi connectivity index (χ3n) is 4.28. The van der Waals surface area contributed by atoms with Crippen LogP contribution in [-0.2, 0) is 12.3 Å². The monoisotopic (exact) mass is 411 g/mol. The SMILES string of the molecule is CCCn1c(SCc2ncc(-c3ccc(Cl)cc3)o2)nc2ccccc2c1=O. The molecule has 7 heteroatoms. The van der Waals surface area contributed by atoms with Gasteiger partial charge >= 0.3 is 0 Å². The number of benzene rings is 2. The maximum Gasteiger partial charge on any atom is 0.262 e. The number of fused-ring (bicyclic) bond motifs is 1. The van der Waals surface area contributed by atoms with Gasteiger partial charge in [0.1, 0.15) is 0 Å². The Balaban J connectivity index is 1.59. The van der Waals surface area contributed by atoms with Crippen molar-refractivity contribution in [3.05, 3.63) is 76.0 Å². The van der Waals surface area contributed by atoms with E-state index in [9.17, 15) is 4.79 Å². The van der Waals surface area contributed by atoms with E-state index in [0.717, 1.165) is 12.0 Å². The van der Waals surface area contributed by atoms with E-state index in [1.54, 1.807) is 10.8 Å². The van der Waals surface area contributed by atoms with Crippen molar-refractivity contribution in [3.8, 4) is 11.3 Å². The van der Waals surface area contributed by atoms with E-state index in [0.29, 0.717) is 45.0 Å². The Bertz CT molecular complexity index is 1170. The van der Waals surface area contributed by atoms with Crippen molar-refractivity contribution in [3.63, 3.8) is 0 Å². The van der Waals surface area contributed by atoms with Gasteiger partial charge in [-0.2, -0.15) is 0 Å². The van der Waals surface area contributed by atoms with Crippen molar-refractivity contribution in [1.29, 1.82) is 0 Å². The number of oxazole rings is 1. The summed E-state index contributed by atoms with van der Waals surface area (Å²) in [5.41, 5.74) is 1.61. The van der Waals surface area contributed by atoms with E-state index in [4.69, 9.17) is 16.0 Å². The van der Waals surface area contributed by atoms with E-state index in [1.807, 2.05) is 55.5 Å². The molecule has 28 heavy (non-hydrogen) atoms. The summed E-state index contributed by atoms with van der Waals surface area (Å²) in [6, 6.07) is 14.8. The van der Waals surface area contributed by atoms with Gasteiger partial charge in [-0.1, -0.05) is 42.4 Å². The van der Waals surface area contributed by atoms with Crippen LogP contribution in [-0.4, -0.2) is 14.5 Å². The summed E-state index contributed by atoms with van der Waals surface area (Å²) in [7, 11) is 0. The average Bonchev–Trinajstić information content (AvgIpc) is 3.18. The number of thioether (sulfide) groups is 1. The molecule has 0 aliphatic rings.